The molecule has 0 unspecified atom stereocenters. The largest absolute Gasteiger partial charge is 0.347 e. The van der Waals surface area contributed by atoms with E-state index in [0.717, 1.165) is 0 Å². The Morgan fingerprint density at radius 1 is 0.825 bits per heavy atom. The Morgan fingerprint density at radius 2 is 1.38 bits per heavy atom. The van der Waals surface area contributed by atoms with Gasteiger partial charge in [-0.2, -0.15) is 18.6 Å². The van der Waals surface area contributed by atoms with Crippen molar-refractivity contribution in [2.45, 2.75) is 38.5 Å². The molecule has 7 heteroatoms. The van der Waals surface area contributed by atoms with Crippen LogP contribution in [0.5, 0.6) is 0 Å². The van der Waals surface area contributed by atoms with E-state index in [0.29, 0.717) is 0 Å². The van der Waals surface area contributed by atoms with Crippen LogP contribution in [0.1, 0.15) is 44.4 Å². The number of rotatable bonds is 4. The van der Waals surface area contributed by atoms with Gasteiger partial charge in [0.15, 0.2) is 5.71 Å². The molecule has 1 N–H and O–H groups in total. The maximum absolute atomic E-state index is 8.60. The lowest BCUT2D eigenvalue weighted by Gasteiger charge is -2.25. The fourth-order valence-electron chi connectivity index (χ4n) is 5.81. The molecule has 2 aliphatic rings. The molecule has 0 aliphatic carbocycles. The summed E-state index contributed by atoms with van der Waals surface area (Å²) in [5.74, 6) is 0. The van der Waals surface area contributed by atoms with Gasteiger partial charge in [-0.3, -0.25) is 0 Å². The highest BCUT2D eigenvalue weighted by Gasteiger charge is 2.42. The molecule has 0 saturated carbocycles. The van der Waals surface area contributed by atoms with Crippen LogP contribution in [-0.2, 0) is 10.8 Å². The molecule has 2 heterocycles. The first-order valence-corrected chi connectivity index (χ1v) is 14.3. The first-order valence-electron chi connectivity index (χ1n) is 13.1. The Bertz CT molecular complexity index is 1510. The van der Waals surface area contributed by atoms with Gasteiger partial charge in [0.05, 0.1) is 20.3 Å². The minimum Gasteiger partial charge on any atom is -0.347 e. The van der Waals surface area contributed by atoms with Gasteiger partial charge in [0.25, 0.3) is 0 Å². The zero-order valence-electron chi connectivity index (χ0n) is 23.8. The average molecular weight is 560 g/mol. The van der Waals surface area contributed by atoms with Gasteiger partial charge in [0.1, 0.15) is 7.05 Å². The predicted molar refractivity (Wildman–Crippen MR) is 152 cm³/mol. The second-order valence-electron chi connectivity index (χ2n) is 11.1. The SMILES string of the molecule is CN1/C(=C/C(=C/C=C/C2=[N+](C)c3ccccc3C2(C)C)c2ccccc2)C(C)(C)c2ccccc21.[O-][Cl+3]([O-])([O-])O. The van der Waals surface area contributed by atoms with Gasteiger partial charge in [-0.05, 0) is 42.7 Å². The van der Waals surface area contributed by atoms with Crippen LogP contribution in [0.2, 0.25) is 0 Å². The average Bonchev–Trinajstić information content (AvgIpc) is 3.22. The molecular weight excluding hydrogens is 524 g/mol. The smallest absolute Gasteiger partial charge is 0.209 e. The Hall–Kier alpha value is -3.52. The summed E-state index contributed by atoms with van der Waals surface area (Å²) in [6.45, 7) is 9.27. The molecule has 0 fully saturated rings. The summed E-state index contributed by atoms with van der Waals surface area (Å²) >= 11 is 0. The van der Waals surface area contributed by atoms with Crippen molar-refractivity contribution in [3.05, 3.63) is 126 Å². The number of anilines is 1. The van der Waals surface area contributed by atoms with Gasteiger partial charge in [0, 0.05) is 41.6 Å². The van der Waals surface area contributed by atoms with Gasteiger partial charge in [0.2, 0.25) is 5.69 Å². The maximum Gasteiger partial charge on any atom is 0.209 e. The zero-order valence-corrected chi connectivity index (χ0v) is 24.5. The van der Waals surface area contributed by atoms with Crippen LogP contribution < -0.4 is 18.9 Å². The monoisotopic (exact) mass is 559 g/mol. The van der Waals surface area contributed by atoms with Gasteiger partial charge in [-0.1, -0.05) is 92.7 Å². The highest BCUT2D eigenvalue weighted by atomic mass is 35.7. The fourth-order valence-corrected chi connectivity index (χ4v) is 5.81. The quantitative estimate of drug-likeness (QED) is 0.390. The molecule has 3 aromatic carbocycles. The summed E-state index contributed by atoms with van der Waals surface area (Å²) in [5, 5.41) is 0. The van der Waals surface area contributed by atoms with Crippen molar-refractivity contribution >= 4 is 22.7 Å². The van der Waals surface area contributed by atoms with Crippen molar-refractivity contribution in [1.29, 1.82) is 0 Å². The number of hydrogen-bond donors (Lipinski definition) is 1. The summed E-state index contributed by atoms with van der Waals surface area (Å²) in [6.07, 6.45) is 9.12. The highest BCUT2D eigenvalue weighted by molar-refractivity contribution is 6.03. The lowest BCUT2D eigenvalue weighted by Crippen LogP contribution is -2.58. The summed E-state index contributed by atoms with van der Waals surface area (Å²) in [4.78, 5) is 2.34. The minimum absolute atomic E-state index is 0.0314. The first kappa shape index (κ1) is 29.5. The van der Waals surface area contributed by atoms with Crippen molar-refractivity contribution < 1.29 is 33.5 Å². The van der Waals surface area contributed by atoms with E-state index >= 15 is 0 Å². The van der Waals surface area contributed by atoms with E-state index in [9.17, 15) is 0 Å². The van der Waals surface area contributed by atoms with Crippen LogP contribution in [0.15, 0.2) is 109 Å². The second kappa shape index (κ2) is 11.2. The van der Waals surface area contributed by atoms with Crippen LogP contribution in [-0.4, -0.2) is 29.0 Å². The lowest BCUT2D eigenvalue weighted by molar-refractivity contribution is -1.92. The molecule has 0 atom stereocenters. The van der Waals surface area contributed by atoms with Crippen molar-refractivity contribution in [3.8, 4) is 0 Å². The third-order valence-corrected chi connectivity index (χ3v) is 7.81. The number of fused-ring (bicyclic) bond motifs is 2. The molecule has 208 valence electrons. The molecule has 0 saturated heterocycles. The summed E-state index contributed by atoms with van der Waals surface area (Å²) in [7, 11) is -0.342. The Kier molecular flexibility index (Phi) is 8.22. The van der Waals surface area contributed by atoms with E-state index in [-0.39, 0.29) is 10.8 Å². The molecule has 0 aromatic heterocycles. The standard InChI is InChI=1S/C33H35N2.ClHO4/c1-32(2)26-18-10-12-20-28(26)34(5)30(32)22-14-17-25(24-15-8-7-9-16-24)23-31-33(3,4)27-19-11-13-21-29(27)35(31)6;2-1(3,4)5/h7-23H,1-6H3;(H,2,3,4,5)/q+1;. The molecule has 3 aromatic rings. The molecular formula is C33H36ClN2O4+. The number of likely N-dealkylation sites (N-methyl/N-ethyl adjacent to an activating group) is 1. The van der Waals surface area contributed by atoms with E-state index in [1.165, 1.54) is 45.0 Å². The Balaban J connectivity index is 0.000000681. The number of para-hydroxylation sites is 2. The first-order chi connectivity index (χ1) is 18.7. The van der Waals surface area contributed by atoms with Crippen LogP contribution in [0.4, 0.5) is 11.4 Å². The number of allylic oxidation sites excluding steroid dienone is 6. The van der Waals surface area contributed by atoms with Crippen molar-refractivity contribution in [2.75, 3.05) is 19.0 Å². The molecule has 0 bridgehead atoms. The third-order valence-electron chi connectivity index (χ3n) is 7.81. The second-order valence-corrected chi connectivity index (χ2v) is 11.9. The maximum atomic E-state index is 8.60. The number of nitrogens with zero attached hydrogens (tertiary/aromatic N) is 2. The van der Waals surface area contributed by atoms with Crippen molar-refractivity contribution in [3.63, 3.8) is 0 Å². The molecule has 0 spiro atoms. The topological polar surface area (TPSA) is 95.7 Å². The van der Waals surface area contributed by atoms with E-state index < -0.39 is 10.2 Å². The molecule has 6 nitrogen and oxygen atoms in total. The van der Waals surface area contributed by atoms with Crippen LogP contribution in [0.25, 0.3) is 5.57 Å². The van der Waals surface area contributed by atoms with E-state index in [2.05, 4.69) is 154 Å². The number of benzene rings is 3. The summed E-state index contributed by atoms with van der Waals surface area (Å²) in [6, 6.07) is 28.2. The molecule has 0 amide bonds. The van der Waals surface area contributed by atoms with Crippen LogP contribution in [0.3, 0.4) is 0 Å². The normalized spacial score (nSPS) is 18.6. The van der Waals surface area contributed by atoms with Crippen LogP contribution >= 0.6 is 0 Å². The third kappa shape index (κ3) is 5.97. The molecule has 5 rings (SSSR count). The highest BCUT2D eigenvalue weighted by Crippen LogP contribution is 2.47. The van der Waals surface area contributed by atoms with E-state index in [4.69, 9.17) is 18.6 Å². The number of halogens is 1. The minimum atomic E-state index is -4.69. The molecule has 0 radical (unpaired) electrons. The van der Waals surface area contributed by atoms with Crippen molar-refractivity contribution in [1.82, 2.24) is 0 Å². The molecule has 40 heavy (non-hydrogen) atoms. The van der Waals surface area contributed by atoms with Gasteiger partial charge < -0.3 is 4.90 Å². The van der Waals surface area contributed by atoms with Gasteiger partial charge in [-0.15, -0.1) is 0 Å². The Morgan fingerprint density at radius 3 is 1.98 bits per heavy atom. The fraction of sp³-hybridized carbons (Fsp3) is 0.242. The number of hydrogen-bond acceptors (Lipinski definition) is 5. The van der Waals surface area contributed by atoms with Gasteiger partial charge in [-0.25, -0.2) is 0 Å². The molecule has 2 aliphatic heterocycles. The summed E-state index contributed by atoms with van der Waals surface area (Å²) < 4.78 is 35.0. The summed E-state index contributed by atoms with van der Waals surface area (Å²) in [5.41, 5.74) is 10.3. The Labute approximate surface area is 238 Å². The van der Waals surface area contributed by atoms with Gasteiger partial charge >= 0.3 is 0 Å². The van der Waals surface area contributed by atoms with E-state index in [1.807, 2.05) is 0 Å². The predicted octanol–water partition coefficient (Wildman–Crippen LogP) is 3.52. The van der Waals surface area contributed by atoms with E-state index in [1.54, 1.807) is 0 Å². The van der Waals surface area contributed by atoms with Crippen molar-refractivity contribution in [2.24, 2.45) is 0 Å². The van der Waals surface area contributed by atoms with Crippen LogP contribution in [0, 0.1) is 10.2 Å². The lowest BCUT2D eigenvalue weighted by atomic mass is 9.81. The zero-order chi connectivity index (χ0) is 29.3.